The number of methoxy groups -OCH3 is 1. The van der Waals surface area contributed by atoms with E-state index in [1.54, 1.807) is 41.4 Å². The van der Waals surface area contributed by atoms with Crippen molar-refractivity contribution in [3.63, 3.8) is 0 Å². The van der Waals surface area contributed by atoms with E-state index < -0.39 is 60.1 Å². The molecule has 21 heteroatoms. The second kappa shape index (κ2) is 20.2. The number of anilines is 1. The molecule has 4 N–H and O–H groups in total. The number of likely N-dealkylation sites (N-methyl/N-ethyl adjacent to an activating group) is 1. The normalized spacial score (nSPS) is 14.4. The minimum atomic E-state index is -1.16. The molecule has 0 radical (unpaired) electrons. The first-order valence-electron chi connectivity index (χ1n) is 21.2. The Morgan fingerprint density at radius 1 is 0.939 bits per heavy atom. The van der Waals surface area contributed by atoms with Crippen molar-refractivity contribution in [2.24, 2.45) is 0 Å². The zero-order valence-corrected chi connectivity index (χ0v) is 36.7. The zero-order chi connectivity index (χ0) is 47.1. The lowest BCUT2D eigenvalue weighted by Crippen LogP contribution is -2.54. The predicted molar refractivity (Wildman–Crippen MR) is 235 cm³/mol. The van der Waals surface area contributed by atoms with Gasteiger partial charge in [-0.2, -0.15) is 5.10 Å². The van der Waals surface area contributed by atoms with E-state index in [2.05, 4.69) is 26.4 Å². The van der Waals surface area contributed by atoms with Gasteiger partial charge in [-0.05, 0) is 62.6 Å². The van der Waals surface area contributed by atoms with Gasteiger partial charge in [-0.3, -0.25) is 53.8 Å². The topological polar surface area (TPSA) is 254 Å². The number of hydrogen-bond donors (Lipinski definition) is 4. The molecule has 4 heterocycles. The fraction of sp³-hybridized carbons (Fsp3) is 0.333. The fourth-order valence-electron chi connectivity index (χ4n) is 7.64. The maximum absolute atomic E-state index is 13.8. The molecule has 1 saturated heterocycles. The molecule has 66 heavy (non-hydrogen) atoms. The van der Waals surface area contributed by atoms with E-state index in [9.17, 15) is 38.4 Å². The molecule has 8 amide bonds. The second-order valence-corrected chi connectivity index (χ2v) is 15.4. The van der Waals surface area contributed by atoms with Gasteiger partial charge in [0.05, 0.1) is 29.4 Å². The summed E-state index contributed by atoms with van der Waals surface area (Å²) in [5.74, 6) is -3.75. The summed E-state index contributed by atoms with van der Waals surface area (Å²) in [6.07, 6.45) is -0.228. The van der Waals surface area contributed by atoms with Gasteiger partial charge in [-0.1, -0.05) is 36.4 Å². The van der Waals surface area contributed by atoms with Gasteiger partial charge in [0.25, 0.3) is 29.5 Å². The minimum absolute atomic E-state index is 0.00627. The quantitative estimate of drug-likeness (QED) is 0.0730. The van der Waals surface area contributed by atoms with Crippen molar-refractivity contribution in [1.29, 1.82) is 0 Å². The largest absolute Gasteiger partial charge is 0.494 e. The van der Waals surface area contributed by atoms with Gasteiger partial charge in [0.15, 0.2) is 6.61 Å². The number of aryl methyl sites for hydroxylation is 3. The van der Waals surface area contributed by atoms with Crippen LogP contribution in [0.1, 0.15) is 79.0 Å². The van der Waals surface area contributed by atoms with E-state index in [-0.39, 0.29) is 74.0 Å². The molecule has 0 aliphatic carbocycles. The summed E-state index contributed by atoms with van der Waals surface area (Å²) in [7, 11) is 2.99. The van der Waals surface area contributed by atoms with Crippen molar-refractivity contribution in [3.05, 3.63) is 100 Å². The van der Waals surface area contributed by atoms with Crippen LogP contribution in [0.3, 0.4) is 0 Å². The van der Waals surface area contributed by atoms with Crippen molar-refractivity contribution in [3.8, 4) is 11.5 Å². The highest BCUT2D eigenvalue weighted by molar-refractivity contribution is 6.24. The van der Waals surface area contributed by atoms with Gasteiger partial charge < -0.3 is 34.3 Å². The molecule has 2 aromatic heterocycles. The molecule has 2 aliphatic heterocycles. The van der Waals surface area contributed by atoms with Gasteiger partial charge in [-0.15, -0.1) is 0 Å². The third-order valence-corrected chi connectivity index (χ3v) is 10.9. The number of imidazole rings is 1. The molecule has 0 spiro atoms. The minimum Gasteiger partial charge on any atom is -0.494 e. The molecular formula is C45H48N10O11. The first-order chi connectivity index (χ1) is 31.8. The summed E-state index contributed by atoms with van der Waals surface area (Å²) in [4.78, 5) is 110. The molecule has 344 valence electrons. The molecule has 1 fully saturated rings. The summed E-state index contributed by atoms with van der Waals surface area (Å²) in [5.41, 5.74) is 2.80. The van der Waals surface area contributed by atoms with E-state index in [1.165, 1.54) is 30.2 Å². The fourth-order valence-corrected chi connectivity index (χ4v) is 7.64. The number of imide groups is 2. The number of benzene rings is 3. The maximum atomic E-state index is 13.8. The summed E-state index contributed by atoms with van der Waals surface area (Å²) in [6, 6.07) is 17.2. The molecule has 2 aliphatic rings. The number of amides is 8. The third-order valence-electron chi connectivity index (χ3n) is 10.9. The lowest BCUT2D eigenvalue weighted by Gasteiger charge is -2.27. The summed E-state index contributed by atoms with van der Waals surface area (Å²) < 4.78 is 20.1. The van der Waals surface area contributed by atoms with Crippen LogP contribution in [0.4, 0.5) is 10.7 Å². The smallest absolute Gasteiger partial charge is 0.407 e. The van der Waals surface area contributed by atoms with E-state index in [1.807, 2.05) is 37.3 Å². The first-order valence-corrected chi connectivity index (χ1v) is 21.2. The average molecular weight is 905 g/mol. The number of fused-ring (bicyclic) bond motifs is 2. The predicted octanol–water partition coefficient (Wildman–Crippen LogP) is 2.81. The lowest BCUT2D eigenvalue weighted by atomic mass is 10.0. The molecule has 0 bridgehead atoms. The van der Waals surface area contributed by atoms with Gasteiger partial charge >= 0.3 is 6.09 Å². The van der Waals surface area contributed by atoms with Crippen LogP contribution >= 0.6 is 0 Å². The monoisotopic (exact) mass is 904 g/mol. The number of ether oxygens (including phenoxy) is 3. The molecule has 3 aromatic carbocycles. The molecule has 1 atom stereocenters. The number of carbonyl (C=O) groups is 8. The zero-order valence-electron chi connectivity index (χ0n) is 36.7. The Bertz CT molecular complexity index is 2730. The SMILES string of the molecule is CCn1nc(C)cc1C(=O)Nc1nc2cc(C(=O)N(C)CCNC(=O)COc3cccc4c3C(=O)N(C3CCC(=O)NC3=O)C4=O)cc(OC)c2n1CCCNC(=O)OCc1ccccc1. The number of alkyl carbamates (subject to hydrolysis) is 1. The van der Waals surface area contributed by atoms with Crippen LogP contribution in [0.5, 0.6) is 11.5 Å². The number of nitrogens with zero attached hydrogens (tertiary/aromatic N) is 6. The Morgan fingerprint density at radius 2 is 1.73 bits per heavy atom. The molecule has 0 saturated carbocycles. The molecule has 7 rings (SSSR count). The molecule has 1 unspecified atom stereocenters. The Hall–Kier alpha value is -8.10. The standard InChI is InChI=1S/C45H48N10O11/c1-5-54-32(21-26(2)51-54)40(59)50-44-48-30-22-28(23-34(64-4)38(30)53(44)19-10-17-47-45(63)66-24-27-11-7-6-8-12-27)41(60)52(3)20-18-46-36(57)25-65-33-14-9-13-29-37(33)43(62)55(42(29)61)31-15-16-35(56)49-39(31)58/h6-9,11-14,21-23,31H,5,10,15-20,24-25H2,1-4H3,(H,46,57)(H,47,63)(H,48,50,59)(H,49,56,58). The van der Waals surface area contributed by atoms with Crippen LogP contribution in [0.2, 0.25) is 0 Å². The van der Waals surface area contributed by atoms with E-state index in [0.29, 0.717) is 41.1 Å². The van der Waals surface area contributed by atoms with Crippen LogP contribution in [-0.2, 0) is 38.8 Å². The second-order valence-electron chi connectivity index (χ2n) is 15.4. The summed E-state index contributed by atoms with van der Waals surface area (Å²) in [5, 5.41) is 14.8. The number of piperidine rings is 1. The van der Waals surface area contributed by atoms with Crippen LogP contribution < -0.4 is 30.7 Å². The number of nitrogens with one attached hydrogen (secondary N) is 4. The highest BCUT2D eigenvalue weighted by Gasteiger charge is 2.46. The third kappa shape index (κ3) is 9.98. The average Bonchev–Trinajstić information content (AvgIpc) is 3.95. The highest BCUT2D eigenvalue weighted by Crippen LogP contribution is 2.34. The van der Waals surface area contributed by atoms with Crippen molar-refractivity contribution < 1.29 is 52.6 Å². The Morgan fingerprint density at radius 3 is 2.47 bits per heavy atom. The van der Waals surface area contributed by atoms with Gasteiger partial charge in [-0.25, -0.2) is 9.78 Å². The Labute approximate surface area is 377 Å². The van der Waals surface area contributed by atoms with Crippen molar-refractivity contribution in [2.45, 2.75) is 58.8 Å². The molecular weight excluding hydrogens is 857 g/mol. The summed E-state index contributed by atoms with van der Waals surface area (Å²) in [6.45, 7) is 4.28. The van der Waals surface area contributed by atoms with E-state index in [0.717, 1.165) is 10.5 Å². The van der Waals surface area contributed by atoms with E-state index in [4.69, 9.17) is 19.2 Å². The number of hydrogen-bond acceptors (Lipinski definition) is 13. The van der Waals surface area contributed by atoms with Crippen LogP contribution in [0, 0.1) is 6.92 Å². The lowest BCUT2D eigenvalue weighted by molar-refractivity contribution is -0.136. The van der Waals surface area contributed by atoms with Crippen LogP contribution in [0.15, 0.2) is 66.7 Å². The first kappa shape index (κ1) is 45.9. The van der Waals surface area contributed by atoms with Crippen molar-refractivity contribution in [1.82, 2.24) is 45.1 Å². The summed E-state index contributed by atoms with van der Waals surface area (Å²) >= 11 is 0. The highest BCUT2D eigenvalue weighted by atomic mass is 16.5. The molecule has 5 aromatic rings. The number of aromatic nitrogens is 4. The Balaban J connectivity index is 0.987. The van der Waals surface area contributed by atoms with Gasteiger partial charge in [0.1, 0.15) is 35.4 Å². The Kier molecular flexibility index (Phi) is 14.0. The van der Waals surface area contributed by atoms with Crippen LogP contribution in [0.25, 0.3) is 11.0 Å². The van der Waals surface area contributed by atoms with Crippen molar-refractivity contribution >= 4 is 64.4 Å². The van der Waals surface area contributed by atoms with Gasteiger partial charge in [0.2, 0.25) is 17.8 Å². The van der Waals surface area contributed by atoms with E-state index >= 15 is 0 Å². The number of rotatable bonds is 18. The maximum Gasteiger partial charge on any atom is 0.407 e. The van der Waals surface area contributed by atoms with Crippen LogP contribution in [-0.4, -0.2) is 123 Å². The molecule has 21 nitrogen and oxygen atoms in total. The van der Waals surface area contributed by atoms with Gasteiger partial charge in [0, 0.05) is 51.8 Å². The number of carbonyl (C=O) groups excluding carboxylic acids is 8. The van der Waals surface area contributed by atoms with Crippen molar-refractivity contribution in [2.75, 3.05) is 45.7 Å².